The predicted octanol–water partition coefficient (Wildman–Crippen LogP) is 1.77. The monoisotopic (exact) mass is 112 g/mol. The van der Waals surface area contributed by atoms with Gasteiger partial charge in [0.1, 0.15) is 0 Å². The van der Waals surface area contributed by atoms with E-state index < -0.39 is 0 Å². The van der Waals surface area contributed by atoms with Gasteiger partial charge in [0.15, 0.2) is 0 Å². The first kappa shape index (κ1) is 7.44. The lowest BCUT2D eigenvalue weighted by atomic mass is 10.4. The molecule has 0 unspecified atom stereocenters. The highest BCUT2D eigenvalue weighted by molar-refractivity contribution is 4.96. The average molecular weight is 112 g/mol. The van der Waals surface area contributed by atoms with Crippen molar-refractivity contribution in [3.63, 3.8) is 0 Å². The number of hydrogen-bond acceptors (Lipinski definition) is 1. The standard InChI is InChI=1S/C7H12O/c1-3-4-5-6-7-8-2/h3-5H,1,6-7H2,2H3. The summed E-state index contributed by atoms with van der Waals surface area (Å²) in [6, 6.07) is 0. The largest absolute Gasteiger partial charge is 0.384 e. The quantitative estimate of drug-likeness (QED) is 0.398. The molecule has 0 aliphatic rings. The van der Waals surface area contributed by atoms with E-state index in [4.69, 9.17) is 4.74 Å². The van der Waals surface area contributed by atoms with E-state index in [1.807, 2.05) is 12.2 Å². The fourth-order valence-electron chi connectivity index (χ4n) is 0.378. The maximum Gasteiger partial charge on any atom is 0.0496 e. The van der Waals surface area contributed by atoms with Crippen LogP contribution in [-0.4, -0.2) is 13.7 Å². The molecule has 0 heterocycles. The van der Waals surface area contributed by atoms with E-state index in [9.17, 15) is 0 Å². The summed E-state index contributed by atoms with van der Waals surface area (Å²) in [5.74, 6) is 0. The average Bonchev–Trinajstić information content (AvgIpc) is 1.81. The fraction of sp³-hybridized carbons (Fsp3) is 0.429. The molecule has 0 saturated heterocycles. The molecule has 0 radical (unpaired) electrons. The lowest BCUT2D eigenvalue weighted by Crippen LogP contribution is -1.82. The number of ether oxygens (including phenoxy) is 1. The van der Waals surface area contributed by atoms with Crippen molar-refractivity contribution in [3.05, 3.63) is 24.8 Å². The SMILES string of the molecule is C=CC=CCCOC. The Kier molecular flexibility index (Phi) is 5.99. The normalized spacial score (nSPS) is 10.1. The molecule has 1 nitrogen and oxygen atoms in total. The summed E-state index contributed by atoms with van der Waals surface area (Å²) >= 11 is 0. The summed E-state index contributed by atoms with van der Waals surface area (Å²) < 4.78 is 4.80. The maximum atomic E-state index is 4.80. The molecule has 0 N–H and O–H groups in total. The van der Waals surface area contributed by atoms with Gasteiger partial charge in [-0.25, -0.2) is 0 Å². The van der Waals surface area contributed by atoms with Gasteiger partial charge in [0.25, 0.3) is 0 Å². The Hall–Kier alpha value is -0.560. The highest BCUT2D eigenvalue weighted by Crippen LogP contribution is 1.82. The minimum atomic E-state index is 0.796. The molecule has 0 amide bonds. The smallest absolute Gasteiger partial charge is 0.0496 e. The number of hydrogen-bond donors (Lipinski definition) is 0. The number of allylic oxidation sites excluding steroid dienone is 2. The van der Waals surface area contributed by atoms with Gasteiger partial charge in [-0.3, -0.25) is 0 Å². The molecule has 0 rings (SSSR count). The molecule has 0 spiro atoms. The molecule has 0 fully saturated rings. The highest BCUT2D eigenvalue weighted by Gasteiger charge is 1.72. The van der Waals surface area contributed by atoms with Crippen molar-refractivity contribution in [2.75, 3.05) is 13.7 Å². The zero-order valence-corrected chi connectivity index (χ0v) is 5.26. The van der Waals surface area contributed by atoms with Crippen LogP contribution in [0.15, 0.2) is 24.8 Å². The van der Waals surface area contributed by atoms with E-state index in [0.29, 0.717) is 0 Å². The van der Waals surface area contributed by atoms with Crippen LogP contribution < -0.4 is 0 Å². The van der Waals surface area contributed by atoms with Gasteiger partial charge in [-0.05, 0) is 6.42 Å². The van der Waals surface area contributed by atoms with Crippen molar-refractivity contribution in [1.82, 2.24) is 0 Å². The van der Waals surface area contributed by atoms with Crippen LogP contribution in [0.2, 0.25) is 0 Å². The van der Waals surface area contributed by atoms with E-state index >= 15 is 0 Å². The van der Waals surface area contributed by atoms with E-state index in [1.165, 1.54) is 0 Å². The number of rotatable bonds is 4. The molecule has 0 aromatic carbocycles. The fourth-order valence-corrected chi connectivity index (χ4v) is 0.378. The van der Waals surface area contributed by atoms with E-state index in [0.717, 1.165) is 13.0 Å². The van der Waals surface area contributed by atoms with Crippen molar-refractivity contribution in [2.24, 2.45) is 0 Å². The highest BCUT2D eigenvalue weighted by atomic mass is 16.5. The third-order valence-corrected chi connectivity index (χ3v) is 0.761. The topological polar surface area (TPSA) is 9.23 Å². The van der Waals surface area contributed by atoms with Crippen LogP contribution in [0.5, 0.6) is 0 Å². The third-order valence-electron chi connectivity index (χ3n) is 0.761. The van der Waals surface area contributed by atoms with Crippen molar-refractivity contribution >= 4 is 0 Å². The second-order valence-corrected chi connectivity index (χ2v) is 1.45. The summed E-state index contributed by atoms with van der Waals surface area (Å²) in [5, 5.41) is 0. The van der Waals surface area contributed by atoms with Gasteiger partial charge in [0, 0.05) is 13.7 Å². The van der Waals surface area contributed by atoms with E-state index in [2.05, 4.69) is 6.58 Å². The van der Waals surface area contributed by atoms with Gasteiger partial charge in [-0.1, -0.05) is 24.8 Å². The van der Waals surface area contributed by atoms with Crippen molar-refractivity contribution in [2.45, 2.75) is 6.42 Å². The second-order valence-electron chi connectivity index (χ2n) is 1.45. The zero-order chi connectivity index (χ0) is 6.24. The molecule has 0 aromatic rings. The molecule has 0 bridgehead atoms. The molecule has 8 heavy (non-hydrogen) atoms. The molecule has 0 aliphatic heterocycles. The van der Waals surface area contributed by atoms with Crippen LogP contribution >= 0.6 is 0 Å². The Morgan fingerprint density at radius 2 is 2.38 bits per heavy atom. The van der Waals surface area contributed by atoms with E-state index in [-0.39, 0.29) is 0 Å². The van der Waals surface area contributed by atoms with Gasteiger partial charge in [-0.15, -0.1) is 0 Å². The predicted molar refractivity (Wildman–Crippen MR) is 35.8 cm³/mol. The summed E-state index contributed by atoms with van der Waals surface area (Å²) in [4.78, 5) is 0. The van der Waals surface area contributed by atoms with Crippen LogP contribution in [0.3, 0.4) is 0 Å². The Morgan fingerprint density at radius 1 is 1.62 bits per heavy atom. The van der Waals surface area contributed by atoms with Gasteiger partial charge >= 0.3 is 0 Å². The van der Waals surface area contributed by atoms with E-state index in [1.54, 1.807) is 13.2 Å². The van der Waals surface area contributed by atoms with Crippen LogP contribution in [0, 0.1) is 0 Å². The van der Waals surface area contributed by atoms with Gasteiger partial charge < -0.3 is 4.74 Å². The number of methoxy groups -OCH3 is 1. The van der Waals surface area contributed by atoms with Crippen LogP contribution in [0.4, 0.5) is 0 Å². The lowest BCUT2D eigenvalue weighted by Gasteiger charge is -1.87. The molecule has 0 aliphatic carbocycles. The molecule has 46 valence electrons. The zero-order valence-electron chi connectivity index (χ0n) is 5.26. The first-order valence-corrected chi connectivity index (χ1v) is 2.68. The Labute approximate surface area is 50.7 Å². The van der Waals surface area contributed by atoms with Crippen LogP contribution in [0.1, 0.15) is 6.42 Å². The van der Waals surface area contributed by atoms with Crippen LogP contribution in [-0.2, 0) is 4.74 Å². The van der Waals surface area contributed by atoms with Crippen molar-refractivity contribution in [1.29, 1.82) is 0 Å². The summed E-state index contributed by atoms with van der Waals surface area (Å²) in [7, 11) is 1.70. The molecule has 0 saturated carbocycles. The molecule has 0 aromatic heterocycles. The summed E-state index contributed by atoms with van der Waals surface area (Å²) in [6.07, 6.45) is 6.67. The van der Waals surface area contributed by atoms with Gasteiger partial charge in [0.05, 0.1) is 0 Å². The minimum absolute atomic E-state index is 0.796. The van der Waals surface area contributed by atoms with Crippen molar-refractivity contribution < 1.29 is 4.74 Å². The Balaban J connectivity index is 2.91. The first-order chi connectivity index (χ1) is 3.91. The molecular weight excluding hydrogens is 100 g/mol. The molecule has 1 heteroatoms. The summed E-state index contributed by atoms with van der Waals surface area (Å²) in [5.41, 5.74) is 0. The molecular formula is C7H12O. The molecule has 0 atom stereocenters. The Morgan fingerprint density at radius 3 is 2.88 bits per heavy atom. The first-order valence-electron chi connectivity index (χ1n) is 2.68. The Bertz CT molecular complexity index is 74.5. The minimum Gasteiger partial charge on any atom is -0.384 e. The maximum absolute atomic E-state index is 4.80. The summed E-state index contributed by atoms with van der Waals surface area (Å²) in [6.45, 7) is 4.33. The third kappa shape index (κ3) is 5.44. The van der Waals surface area contributed by atoms with Gasteiger partial charge in [-0.2, -0.15) is 0 Å². The van der Waals surface area contributed by atoms with Gasteiger partial charge in [0.2, 0.25) is 0 Å². The second kappa shape index (κ2) is 6.44. The van der Waals surface area contributed by atoms with Crippen molar-refractivity contribution in [3.8, 4) is 0 Å². The van der Waals surface area contributed by atoms with Crippen LogP contribution in [0.25, 0.3) is 0 Å². The lowest BCUT2D eigenvalue weighted by molar-refractivity contribution is 0.204.